The van der Waals surface area contributed by atoms with Crippen molar-refractivity contribution in [3.05, 3.63) is 35.9 Å². The van der Waals surface area contributed by atoms with E-state index in [9.17, 15) is 9.59 Å². The fraction of sp³-hybridized carbons (Fsp3) is 0.609. The van der Waals surface area contributed by atoms with E-state index < -0.39 is 11.7 Å². The third-order valence-corrected chi connectivity index (χ3v) is 4.98. The second-order valence-corrected chi connectivity index (χ2v) is 8.59. The molecule has 1 fully saturated rings. The number of nitrogens with zero attached hydrogens (tertiary/aromatic N) is 2. The third kappa shape index (κ3) is 8.11. The zero-order valence-electron chi connectivity index (χ0n) is 19.3. The van der Waals surface area contributed by atoms with Crippen molar-refractivity contribution in [3.63, 3.8) is 0 Å². The smallest absolute Gasteiger partial charge is 0.408 e. The summed E-state index contributed by atoms with van der Waals surface area (Å²) in [6.45, 7) is 10.1. The molecule has 0 spiro atoms. The van der Waals surface area contributed by atoms with Gasteiger partial charge in [0, 0.05) is 19.6 Å². The van der Waals surface area contributed by atoms with Crippen LogP contribution in [0.5, 0.6) is 0 Å². The Morgan fingerprint density at radius 1 is 1.19 bits per heavy atom. The first-order valence-corrected chi connectivity index (χ1v) is 10.9. The van der Waals surface area contributed by atoms with Crippen molar-refractivity contribution in [1.82, 2.24) is 15.5 Å². The van der Waals surface area contributed by atoms with E-state index in [-0.39, 0.29) is 17.9 Å². The molecule has 1 aliphatic rings. The molecule has 1 aromatic rings. The summed E-state index contributed by atoms with van der Waals surface area (Å²) in [6.07, 6.45) is 0.991. The Hall–Kier alpha value is -2.77. The number of benzene rings is 1. The Morgan fingerprint density at radius 3 is 2.39 bits per heavy atom. The molecule has 2 N–H and O–H groups in total. The normalized spacial score (nSPS) is 16.4. The van der Waals surface area contributed by atoms with Gasteiger partial charge in [0.25, 0.3) is 0 Å². The lowest BCUT2D eigenvalue weighted by Crippen LogP contribution is -2.47. The lowest BCUT2D eigenvalue weighted by Gasteiger charge is -2.33. The summed E-state index contributed by atoms with van der Waals surface area (Å²) in [4.78, 5) is 31.1. The van der Waals surface area contributed by atoms with Crippen molar-refractivity contribution in [3.8, 4) is 0 Å². The number of rotatable bonds is 6. The molecule has 1 unspecified atom stereocenters. The minimum atomic E-state index is -0.576. The number of aliphatic imine (C=N–C) groups is 1. The number of methoxy groups -OCH3 is 1. The molecule has 1 saturated heterocycles. The number of alkyl carbamates (subject to hydrolysis) is 1. The van der Waals surface area contributed by atoms with Gasteiger partial charge in [0.2, 0.25) is 0 Å². The molecule has 8 nitrogen and oxygen atoms in total. The fourth-order valence-electron chi connectivity index (χ4n) is 3.47. The Kier molecular flexibility index (Phi) is 9.15. The molecule has 8 heteroatoms. The lowest BCUT2D eigenvalue weighted by atomic mass is 9.97. The number of carbonyl (C=O) groups excluding carboxylic acids is 2. The number of guanidine groups is 1. The van der Waals surface area contributed by atoms with Gasteiger partial charge in [0.05, 0.1) is 25.6 Å². The predicted molar refractivity (Wildman–Crippen MR) is 121 cm³/mol. The van der Waals surface area contributed by atoms with Gasteiger partial charge in [0.1, 0.15) is 5.60 Å². The van der Waals surface area contributed by atoms with Crippen molar-refractivity contribution >= 4 is 18.0 Å². The van der Waals surface area contributed by atoms with Gasteiger partial charge < -0.3 is 25.0 Å². The van der Waals surface area contributed by atoms with Crippen LogP contribution in [0.4, 0.5) is 4.79 Å². The van der Waals surface area contributed by atoms with E-state index in [4.69, 9.17) is 14.5 Å². The second-order valence-electron chi connectivity index (χ2n) is 8.59. The quantitative estimate of drug-likeness (QED) is 0.408. The number of esters is 1. The molecule has 1 atom stereocenters. The number of hydrogen-bond acceptors (Lipinski definition) is 5. The zero-order chi connectivity index (χ0) is 22.9. The molecule has 0 aromatic heterocycles. The highest BCUT2D eigenvalue weighted by molar-refractivity contribution is 5.80. The molecule has 1 amide bonds. The molecule has 0 bridgehead atoms. The highest BCUT2D eigenvalue weighted by Gasteiger charge is 2.27. The van der Waals surface area contributed by atoms with Crippen LogP contribution in [0, 0.1) is 5.92 Å². The number of amides is 1. The van der Waals surface area contributed by atoms with Crippen molar-refractivity contribution in [2.24, 2.45) is 10.9 Å². The van der Waals surface area contributed by atoms with Crippen molar-refractivity contribution < 1.29 is 19.1 Å². The molecule has 0 radical (unpaired) electrons. The fourth-order valence-corrected chi connectivity index (χ4v) is 3.47. The minimum Gasteiger partial charge on any atom is -0.469 e. The van der Waals surface area contributed by atoms with Crippen LogP contribution in [0.15, 0.2) is 35.3 Å². The molecule has 0 aliphatic carbocycles. The van der Waals surface area contributed by atoms with Gasteiger partial charge >= 0.3 is 12.1 Å². The summed E-state index contributed by atoms with van der Waals surface area (Å²) in [5.41, 5.74) is 0.380. The summed E-state index contributed by atoms with van der Waals surface area (Å²) in [5.74, 6) is 0.569. The van der Waals surface area contributed by atoms with E-state index in [1.54, 1.807) is 0 Å². The van der Waals surface area contributed by atoms with Gasteiger partial charge in [0.15, 0.2) is 5.96 Å². The Morgan fingerprint density at radius 2 is 1.84 bits per heavy atom. The van der Waals surface area contributed by atoms with E-state index >= 15 is 0 Å². The summed E-state index contributed by atoms with van der Waals surface area (Å²) in [5, 5.41) is 6.27. The first kappa shape index (κ1) is 24.5. The Balaban J connectivity index is 2.11. The molecule has 1 aromatic carbocycles. The van der Waals surface area contributed by atoms with Crippen LogP contribution in [-0.4, -0.2) is 61.8 Å². The van der Waals surface area contributed by atoms with Crippen LogP contribution in [0.1, 0.15) is 52.1 Å². The number of likely N-dealkylation sites (tertiary alicyclic amines) is 1. The van der Waals surface area contributed by atoms with Crippen molar-refractivity contribution in [2.75, 3.05) is 33.3 Å². The number of nitrogens with one attached hydrogen (secondary N) is 2. The molecular formula is C23H36N4O4. The Labute approximate surface area is 185 Å². The molecule has 2 rings (SSSR count). The largest absolute Gasteiger partial charge is 0.469 e. The van der Waals surface area contributed by atoms with Gasteiger partial charge in [-0.1, -0.05) is 30.3 Å². The second kappa shape index (κ2) is 11.6. The van der Waals surface area contributed by atoms with Gasteiger partial charge in [-0.15, -0.1) is 0 Å². The monoisotopic (exact) mass is 432 g/mol. The van der Waals surface area contributed by atoms with Crippen LogP contribution >= 0.6 is 0 Å². The maximum Gasteiger partial charge on any atom is 0.408 e. The topological polar surface area (TPSA) is 92.3 Å². The molecular weight excluding hydrogens is 396 g/mol. The minimum absolute atomic E-state index is 0.0602. The van der Waals surface area contributed by atoms with Gasteiger partial charge in [-0.2, -0.15) is 0 Å². The van der Waals surface area contributed by atoms with Crippen LogP contribution in [0.25, 0.3) is 0 Å². The highest BCUT2D eigenvalue weighted by atomic mass is 16.6. The number of ether oxygens (including phenoxy) is 2. The molecule has 0 saturated carbocycles. The van der Waals surface area contributed by atoms with Crippen molar-refractivity contribution in [2.45, 2.75) is 52.2 Å². The van der Waals surface area contributed by atoms with Crippen LogP contribution < -0.4 is 10.6 Å². The van der Waals surface area contributed by atoms with Crippen molar-refractivity contribution in [1.29, 1.82) is 0 Å². The van der Waals surface area contributed by atoms with Crippen LogP contribution in [0.3, 0.4) is 0 Å². The predicted octanol–water partition coefficient (Wildman–Crippen LogP) is 3.10. The van der Waals surface area contributed by atoms with Crippen LogP contribution in [-0.2, 0) is 14.3 Å². The maximum absolute atomic E-state index is 12.4. The lowest BCUT2D eigenvalue weighted by molar-refractivity contribution is -0.146. The van der Waals surface area contributed by atoms with Crippen LogP contribution in [0.2, 0.25) is 0 Å². The summed E-state index contributed by atoms with van der Waals surface area (Å²) < 4.78 is 10.3. The van der Waals surface area contributed by atoms with Gasteiger partial charge in [-0.25, -0.2) is 4.79 Å². The number of hydrogen-bond donors (Lipinski definition) is 2. The molecule has 1 aliphatic heterocycles. The SMILES string of the molecule is CCNC(=NCC(NC(=O)OC(C)(C)C)c1ccccc1)N1CCC(C(=O)OC)CC1. The average Bonchev–Trinajstić information content (AvgIpc) is 2.74. The van der Waals surface area contributed by atoms with Gasteiger partial charge in [-0.05, 0) is 46.1 Å². The number of carbonyl (C=O) groups is 2. The molecule has 31 heavy (non-hydrogen) atoms. The third-order valence-electron chi connectivity index (χ3n) is 4.98. The maximum atomic E-state index is 12.4. The van der Waals surface area contributed by atoms with E-state index in [0.29, 0.717) is 6.54 Å². The number of piperidine rings is 1. The van der Waals surface area contributed by atoms with E-state index in [1.807, 2.05) is 58.0 Å². The van der Waals surface area contributed by atoms with E-state index in [0.717, 1.165) is 44.0 Å². The summed E-state index contributed by atoms with van der Waals surface area (Å²) in [6, 6.07) is 9.42. The van der Waals surface area contributed by atoms with E-state index in [2.05, 4.69) is 15.5 Å². The van der Waals surface area contributed by atoms with E-state index in [1.165, 1.54) is 7.11 Å². The highest BCUT2D eigenvalue weighted by Crippen LogP contribution is 2.19. The first-order chi connectivity index (χ1) is 14.7. The standard InChI is InChI=1S/C23H36N4O4/c1-6-24-21(27-14-12-18(13-15-27)20(28)30-5)25-16-19(17-10-8-7-9-11-17)26-22(29)31-23(2,3)4/h7-11,18-19H,6,12-16H2,1-5H3,(H,24,25)(H,26,29). The summed E-state index contributed by atoms with van der Waals surface area (Å²) in [7, 11) is 1.43. The summed E-state index contributed by atoms with van der Waals surface area (Å²) >= 11 is 0. The Bertz CT molecular complexity index is 738. The zero-order valence-corrected chi connectivity index (χ0v) is 19.3. The first-order valence-electron chi connectivity index (χ1n) is 10.9. The average molecular weight is 433 g/mol. The molecule has 172 valence electrons. The molecule has 1 heterocycles. The van der Waals surface area contributed by atoms with Gasteiger partial charge in [-0.3, -0.25) is 9.79 Å².